The van der Waals surface area contributed by atoms with Crippen molar-refractivity contribution in [3.05, 3.63) is 65.7 Å². The lowest BCUT2D eigenvalue weighted by Crippen LogP contribution is -2.12. The molecule has 2 aromatic heterocycles. The van der Waals surface area contributed by atoms with Crippen LogP contribution in [-0.4, -0.2) is 20.5 Å². The van der Waals surface area contributed by atoms with Gasteiger partial charge in [-0.2, -0.15) is 0 Å². The van der Waals surface area contributed by atoms with Gasteiger partial charge in [0.1, 0.15) is 15.8 Å². The molecule has 2 heterocycles. The summed E-state index contributed by atoms with van der Waals surface area (Å²) >= 11 is 1.16. The van der Waals surface area contributed by atoms with Gasteiger partial charge >= 0.3 is 0 Å². The van der Waals surface area contributed by atoms with Gasteiger partial charge in [-0.05, 0) is 41.3 Å². The molecule has 0 aliphatic heterocycles. The normalized spacial score (nSPS) is 11.1. The summed E-state index contributed by atoms with van der Waals surface area (Å²) in [6.45, 7) is 0.631. The highest BCUT2D eigenvalue weighted by Gasteiger charge is 2.15. The van der Waals surface area contributed by atoms with Crippen LogP contribution in [0.15, 0.2) is 64.3 Å². The number of sulfonamides is 1. The maximum atomic E-state index is 12.1. The Labute approximate surface area is 150 Å². The van der Waals surface area contributed by atoms with Crippen LogP contribution in [0.4, 0.5) is 11.5 Å². The third-order valence-electron chi connectivity index (χ3n) is 3.42. The van der Waals surface area contributed by atoms with Crippen molar-refractivity contribution in [1.29, 1.82) is 0 Å². The van der Waals surface area contributed by atoms with E-state index in [-0.39, 0.29) is 10.0 Å². The number of anilines is 2. The first kappa shape index (κ1) is 17.2. The quantitative estimate of drug-likeness (QED) is 0.660. The van der Waals surface area contributed by atoms with Crippen LogP contribution in [0, 0.1) is 0 Å². The van der Waals surface area contributed by atoms with E-state index in [1.165, 1.54) is 0 Å². The zero-order chi connectivity index (χ0) is 17.7. The smallest absolute Gasteiger partial charge is 0.272 e. The van der Waals surface area contributed by atoms with Crippen molar-refractivity contribution < 1.29 is 13.2 Å². The Kier molecular flexibility index (Phi) is 5.20. The van der Waals surface area contributed by atoms with Crippen LogP contribution >= 0.6 is 11.3 Å². The zero-order valence-corrected chi connectivity index (χ0v) is 15.1. The number of hydrogen-bond donors (Lipinski definition) is 2. The predicted octanol–water partition coefficient (Wildman–Crippen LogP) is 3.56. The minimum Gasteiger partial charge on any atom is -0.497 e. The number of aromatic nitrogens is 1. The van der Waals surface area contributed by atoms with Gasteiger partial charge in [0, 0.05) is 6.54 Å². The third kappa shape index (κ3) is 4.49. The number of hydrogen-bond acceptors (Lipinski definition) is 6. The van der Waals surface area contributed by atoms with Gasteiger partial charge in [0.05, 0.1) is 19.0 Å². The number of rotatable bonds is 7. The highest BCUT2D eigenvalue weighted by atomic mass is 32.2. The van der Waals surface area contributed by atoms with Gasteiger partial charge in [-0.15, -0.1) is 11.3 Å². The number of nitrogens with one attached hydrogen (secondary N) is 2. The summed E-state index contributed by atoms with van der Waals surface area (Å²) in [5.74, 6) is 1.09. The molecule has 3 rings (SSSR count). The molecule has 25 heavy (non-hydrogen) atoms. The highest BCUT2D eigenvalue weighted by Crippen LogP contribution is 2.20. The molecule has 0 atom stereocenters. The standard InChI is InChI=1S/C17H17N3O3S2/c1-23-15-7-4-13(5-8-15)11-18-14-6-9-16(19-12-14)20-25(21,22)17-3-2-10-24-17/h2-10,12,18H,11H2,1H3,(H,19,20). The first-order valence-electron chi connectivity index (χ1n) is 7.46. The van der Waals surface area contributed by atoms with Gasteiger partial charge in [0.15, 0.2) is 0 Å². The van der Waals surface area contributed by atoms with Gasteiger partial charge < -0.3 is 10.1 Å². The zero-order valence-electron chi connectivity index (χ0n) is 13.5. The van der Waals surface area contributed by atoms with E-state index in [9.17, 15) is 8.42 Å². The Morgan fingerprint density at radius 3 is 2.52 bits per heavy atom. The highest BCUT2D eigenvalue weighted by molar-refractivity contribution is 7.94. The molecule has 2 N–H and O–H groups in total. The third-order valence-corrected chi connectivity index (χ3v) is 6.17. The topological polar surface area (TPSA) is 80.3 Å². The van der Waals surface area contributed by atoms with E-state index < -0.39 is 10.0 Å². The number of benzene rings is 1. The first-order chi connectivity index (χ1) is 12.1. The molecule has 0 aliphatic carbocycles. The van der Waals surface area contributed by atoms with Gasteiger partial charge in [0.2, 0.25) is 0 Å². The Morgan fingerprint density at radius 1 is 1.12 bits per heavy atom. The van der Waals surface area contributed by atoms with Crippen molar-refractivity contribution in [1.82, 2.24) is 4.98 Å². The van der Waals surface area contributed by atoms with Crippen molar-refractivity contribution in [3.63, 3.8) is 0 Å². The van der Waals surface area contributed by atoms with Crippen LogP contribution in [0.3, 0.4) is 0 Å². The number of ether oxygens (including phenoxy) is 1. The van der Waals surface area contributed by atoms with Crippen molar-refractivity contribution >= 4 is 32.9 Å². The number of thiophene rings is 1. The monoisotopic (exact) mass is 375 g/mol. The molecular weight excluding hydrogens is 358 g/mol. The minimum atomic E-state index is -3.57. The summed E-state index contributed by atoms with van der Waals surface area (Å²) < 4.78 is 32.1. The summed E-state index contributed by atoms with van der Waals surface area (Å²) in [4.78, 5) is 4.15. The van der Waals surface area contributed by atoms with Crippen molar-refractivity contribution in [3.8, 4) is 5.75 Å². The van der Waals surface area contributed by atoms with Gasteiger partial charge in [-0.1, -0.05) is 18.2 Å². The number of pyridine rings is 1. The Morgan fingerprint density at radius 2 is 1.92 bits per heavy atom. The maximum absolute atomic E-state index is 12.1. The Balaban J connectivity index is 1.60. The summed E-state index contributed by atoms with van der Waals surface area (Å²) in [5.41, 5.74) is 1.90. The molecule has 0 radical (unpaired) electrons. The van der Waals surface area contributed by atoms with E-state index in [2.05, 4.69) is 15.0 Å². The fourth-order valence-corrected chi connectivity index (χ4v) is 4.11. The molecule has 0 aliphatic rings. The van der Waals surface area contributed by atoms with Gasteiger partial charge in [-0.3, -0.25) is 4.72 Å². The number of nitrogens with zero attached hydrogens (tertiary/aromatic N) is 1. The largest absolute Gasteiger partial charge is 0.497 e. The van der Waals surface area contributed by atoms with E-state index in [0.717, 1.165) is 28.3 Å². The molecule has 0 spiro atoms. The van der Waals surface area contributed by atoms with Crippen molar-refractivity contribution in [2.24, 2.45) is 0 Å². The van der Waals surface area contributed by atoms with Gasteiger partial charge in [0.25, 0.3) is 10.0 Å². The fraction of sp³-hybridized carbons (Fsp3) is 0.118. The molecule has 130 valence electrons. The van der Waals surface area contributed by atoms with Crippen LogP contribution in [0.2, 0.25) is 0 Å². The van der Waals surface area contributed by atoms with Gasteiger partial charge in [-0.25, -0.2) is 13.4 Å². The average molecular weight is 375 g/mol. The fourth-order valence-electron chi connectivity index (χ4n) is 2.11. The van der Waals surface area contributed by atoms with E-state index >= 15 is 0 Å². The molecular formula is C17H17N3O3S2. The van der Waals surface area contributed by atoms with E-state index in [4.69, 9.17) is 4.74 Å². The molecule has 3 aromatic rings. The molecule has 1 aromatic carbocycles. The second-order valence-electron chi connectivity index (χ2n) is 5.17. The van der Waals surface area contributed by atoms with Crippen molar-refractivity contribution in [2.75, 3.05) is 17.1 Å². The van der Waals surface area contributed by atoms with Crippen LogP contribution in [0.1, 0.15) is 5.56 Å². The summed E-state index contributed by atoms with van der Waals surface area (Å²) in [7, 11) is -1.94. The molecule has 6 nitrogen and oxygen atoms in total. The molecule has 0 bridgehead atoms. The first-order valence-corrected chi connectivity index (χ1v) is 9.82. The second-order valence-corrected chi connectivity index (χ2v) is 8.03. The summed E-state index contributed by atoms with van der Waals surface area (Å²) in [6, 6.07) is 14.4. The molecule has 0 fully saturated rings. The number of methoxy groups -OCH3 is 1. The van der Waals surface area contributed by atoms with E-state index in [1.807, 2.05) is 24.3 Å². The lowest BCUT2D eigenvalue weighted by atomic mass is 10.2. The van der Waals surface area contributed by atoms with Crippen LogP contribution in [0.25, 0.3) is 0 Å². The average Bonchev–Trinajstić information content (AvgIpc) is 3.17. The maximum Gasteiger partial charge on any atom is 0.272 e. The van der Waals surface area contributed by atoms with E-state index in [1.54, 1.807) is 43.0 Å². The van der Waals surface area contributed by atoms with Crippen LogP contribution in [0.5, 0.6) is 5.75 Å². The summed E-state index contributed by atoms with van der Waals surface area (Å²) in [6.07, 6.45) is 1.59. The predicted molar refractivity (Wildman–Crippen MR) is 99.7 cm³/mol. The SMILES string of the molecule is COc1ccc(CNc2ccc(NS(=O)(=O)c3cccs3)nc2)cc1. The molecule has 0 saturated heterocycles. The van der Waals surface area contributed by atoms with Crippen molar-refractivity contribution in [2.45, 2.75) is 10.8 Å². The van der Waals surface area contributed by atoms with Crippen LogP contribution in [-0.2, 0) is 16.6 Å². The van der Waals surface area contributed by atoms with E-state index in [0.29, 0.717) is 6.54 Å². The Bertz CT molecular complexity index is 907. The second kappa shape index (κ2) is 7.54. The molecule has 8 heteroatoms. The lowest BCUT2D eigenvalue weighted by molar-refractivity contribution is 0.414. The Hall–Kier alpha value is -2.58. The minimum absolute atomic E-state index is 0.260. The summed E-state index contributed by atoms with van der Waals surface area (Å²) in [5, 5.41) is 4.95. The van der Waals surface area contributed by atoms with Crippen LogP contribution < -0.4 is 14.8 Å². The lowest BCUT2D eigenvalue weighted by Gasteiger charge is -2.09. The molecule has 0 amide bonds. The molecule has 0 saturated carbocycles. The molecule has 0 unspecified atom stereocenters.